The summed E-state index contributed by atoms with van der Waals surface area (Å²) in [6, 6.07) is 12.5. The van der Waals surface area contributed by atoms with Gasteiger partial charge >= 0.3 is 0 Å². The Bertz CT molecular complexity index is 1090. The van der Waals surface area contributed by atoms with Crippen LogP contribution in [0.1, 0.15) is 29.3 Å². The topological polar surface area (TPSA) is 113 Å². The minimum absolute atomic E-state index is 0.0738. The van der Waals surface area contributed by atoms with Crippen LogP contribution in [0.5, 0.6) is 0 Å². The Morgan fingerprint density at radius 1 is 1.30 bits per heavy atom. The summed E-state index contributed by atoms with van der Waals surface area (Å²) in [5, 5.41) is 14.6. The van der Waals surface area contributed by atoms with E-state index in [4.69, 9.17) is 10.00 Å². The van der Waals surface area contributed by atoms with E-state index in [1.165, 1.54) is 10.9 Å². The SMILES string of the molecule is CCC(COC)NC(=O)c1ccc(-n2[nH]cc(-c3ccc(CC#N)cc3)c2=O)nc1. The number of ether oxygens (including phenoxy) is 1. The minimum atomic E-state index is -0.251. The molecule has 0 saturated heterocycles. The Hall–Kier alpha value is -3.70. The zero-order chi connectivity index (χ0) is 21.5. The number of H-pyrrole nitrogens is 1. The van der Waals surface area contributed by atoms with Crippen molar-refractivity contribution >= 4 is 5.91 Å². The molecule has 3 rings (SSSR count). The van der Waals surface area contributed by atoms with Crippen molar-refractivity contribution < 1.29 is 9.53 Å². The van der Waals surface area contributed by atoms with E-state index in [1.807, 2.05) is 31.2 Å². The van der Waals surface area contributed by atoms with E-state index in [0.717, 1.165) is 17.5 Å². The average molecular weight is 405 g/mol. The van der Waals surface area contributed by atoms with Gasteiger partial charge in [0, 0.05) is 19.5 Å². The molecule has 8 nitrogen and oxygen atoms in total. The number of nitrogens with one attached hydrogen (secondary N) is 2. The third kappa shape index (κ3) is 4.64. The van der Waals surface area contributed by atoms with Crippen molar-refractivity contribution in [3.63, 3.8) is 0 Å². The van der Waals surface area contributed by atoms with Crippen LogP contribution in [0.4, 0.5) is 0 Å². The van der Waals surface area contributed by atoms with Gasteiger partial charge in [-0.15, -0.1) is 0 Å². The molecule has 1 aromatic carbocycles. The fourth-order valence-electron chi connectivity index (χ4n) is 3.02. The highest BCUT2D eigenvalue weighted by atomic mass is 16.5. The van der Waals surface area contributed by atoms with Crippen LogP contribution >= 0.6 is 0 Å². The minimum Gasteiger partial charge on any atom is -0.383 e. The summed E-state index contributed by atoms with van der Waals surface area (Å²) >= 11 is 0. The van der Waals surface area contributed by atoms with Crippen molar-refractivity contribution in [2.24, 2.45) is 0 Å². The van der Waals surface area contributed by atoms with Crippen molar-refractivity contribution in [3.05, 3.63) is 70.3 Å². The number of nitriles is 1. The van der Waals surface area contributed by atoms with Crippen LogP contribution in [0, 0.1) is 11.3 Å². The zero-order valence-corrected chi connectivity index (χ0v) is 16.9. The Morgan fingerprint density at radius 3 is 2.67 bits per heavy atom. The van der Waals surface area contributed by atoms with Gasteiger partial charge in [0.2, 0.25) is 0 Å². The normalized spacial score (nSPS) is 11.6. The zero-order valence-electron chi connectivity index (χ0n) is 16.9. The lowest BCUT2D eigenvalue weighted by Gasteiger charge is -2.15. The van der Waals surface area contributed by atoms with Gasteiger partial charge in [-0.25, -0.2) is 9.67 Å². The fraction of sp³-hybridized carbons (Fsp3) is 0.273. The molecule has 0 radical (unpaired) electrons. The van der Waals surface area contributed by atoms with Crippen molar-refractivity contribution in [2.75, 3.05) is 13.7 Å². The van der Waals surface area contributed by atoms with Crippen LogP contribution in [-0.4, -0.2) is 40.4 Å². The summed E-state index contributed by atoms with van der Waals surface area (Å²) in [6.07, 6.45) is 4.13. The molecule has 3 aromatic rings. The van der Waals surface area contributed by atoms with Gasteiger partial charge < -0.3 is 10.1 Å². The summed E-state index contributed by atoms with van der Waals surface area (Å²) in [6.45, 7) is 2.41. The van der Waals surface area contributed by atoms with Gasteiger partial charge in [0.05, 0.1) is 36.3 Å². The number of hydrogen-bond donors (Lipinski definition) is 2. The van der Waals surface area contributed by atoms with E-state index in [1.54, 1.807) is 25.4 Å². The van der Waals surface area contributed by atoms with Crippen molar-refractivity contribution in [3.8, 4) is 23.0 Å². The van der Waals surface area contributed by atoms with Crippen LogP contribution < -0.4 is 10.9 Å². The quantitative estimate of drug-likeness (QED) is 0.598. The molecule has 8 heteroatoms. The number of methoxy groups -OCH3 is 1. The molecule has 2 aromatic heterocycles. The number of amides is 1. The first-order valence-corrected chi connectivity index (χ1v) is 9.60. The Labute approximate surface area is 174 Å². The van der Waals surface area contributed by atoms with Crippen LogP contribution in [0.15, 0.2) is 53.6 Å². The Kier molecular flexibility index (Phi) is 6.78. The molecule has 0 saturated carbocycles. The standard InChI is InChI=1S/C22H23N5O3/c1-3-18(14-30-2)26-21(28)17-8-9-20(24-12-17)27-22(29)19(13-25-27)16-6-4-15(5-7-16)10-11-23/h4-9,12-13,18,25H,3,10,14H2,1-2H3,(H,26,28). The first-order chi connectivity index (χ1) is 14.6. The Morgan fingerprint density at radius 2 is 2.07 bits per heavy atom. The first kappa shape index (κ1) is 21.0. The summed E-state index contributed by atoms with van der Waals surface area (Å²) in [5.41, 5.74) is 2.28. The van der Waals surface area contributed by atoms with Crippen molar-refractivity contribution in [1.29, 1.82) is 5.26 Å². The maximum atomic E-state index is 12.8. The third-order valence-corrected chi connectivity index (χ3v) is 4.75. The predicted molar refractivity (Wildman–Crippen MR) is 112 cm³/mol. The molecule has 1 unspecified atom stereocenters. The van der Waals surface area contributed by atoms with E-state index in [-0.39, 0.29) is 17.5 Å². The largest absolute Gasteiger partial charge is 0.383 e. The van der Waals surface area contributed by atoms with E-state index in [0.29, 0.717) is 30.0 Å². The second-order valence-corrected chi connectivity index (χ2v) is 6.80. The molecule has 0 aliphatic rings. The smallest absolute Gasteiger partial charge is 0.280 e. The highest BCUT2D eigenvalue weighted by Crippen LogP contribution is 2.17. The summed E-state index contributed by atoms with van der Waals surface area (Å²) in [5.74, 6) is 0.141. The lowest BCUT2D eigenvalue weighted by atomic mass is 10.1. The number of hydrogen-bond acceptors (Lipinski definition) is 5. The average Bonchev–Trinajstić information content (AvgIpc) is 3.15. The summed E-state index contributed by atoms with van der Waals surface area (Å²) in [4.78, 5) is 29.4. The fourth-order valence-corrected chi connectivity index (χ4v) is 3.02. The van der Waals surface area contributed by atoms with Gasteiger partial charge in [-0.05, 0) is 29.7 Å². The van der Waals surface area contributed by atoms with E-state index in [2.05, 4.69) is 21.5 Å². The third-order valence-electron chi connectivity index (χ3n) is 4.75. The number of carbonyl (C=O) groups excluding carboxylic acids is 1. The van der Waals surface area contributed by atoms with Crippen LogP contribution in [0.3, 0.4) is 0 Å². The van der Waals surface area contributed by atoms with Gasteiger partial charge in [-0.3, -0.25) is 14.7 Å². The van der Waals surface area contributed by atoms with Crippen molar-refractivity contribution in [1.82, 2.24) is 20.1 Å². The summed E-state index contributed by atoms with van der Waals surface area (Å²) < 4.78 is 6.41. The number of benzene rings is 1. The second kappa shape index (κ2) is 9.67. The number of nitrogens with zero attached hydrogens (tertiary/aromatic N) is 3. The lowest BCUT2D eigenvalue weighted by Crippen LogP contribution is -2.37. The maximum absolute atomic E-state index is 12.8. The van der Waals surface area contributed by atoms with Crippen molar-refractivity contribution in [2.45, 2.75) is 25.8 Å². The van der Waals surface area contributed by atoms with Crippen LogP contribution in [-0.2, 0) is 11.2 Å². The van der Waals surface area contributed by atoms with Crippen LogP contribution in [0.25, 0.3) is 16.9 Å². The monoisotopic (exact) mass is 405 g/mol. The predicted octanol–water partition coefficient (Wildman–Crippen LogP) is 2.45. The van der Waals surface area contributed by atoms with E-state index >= 15 is 0 Å². The molecular formula is C22H23N5O3. The molecular weight excluding hydrogens is 382 g/mol. The van der Waals surface area contributed by atoms with Gasteiger partial charge in [-0.2, -0.15) is 5.26 Å². The van der Waals surface area contributed by atoms with Gasteiger partial charge in [0.25, 0.3) is 11.5 Å². The van der Waals surface area contributed by atoms with Gasteiger partial charge in [-0.1, -0.05) is 31.2 Å². The van der Waals surface area contributed by atoms with E-state index < -0.39 is 0 Å². The molecule has 30 heavy (non-hydrogen) atoms. The molecule has 1 amide bonds. The molecule has 0 aliphatic heterocycles. The maximum Gasteiger partial charge on any atom is 0.280 e. The molecule has 0 spiro atoms. The number of aromatic nitrogens is 3. The number of carbonyl (C=O) groups is 1. The highest BCUT2D eigenvalue weighted by Gasteiger charge is 2.14. The summed E-state index contributed by atoms with van der Waals surface area (Å²) in [7, 11) is 1.59. The second-order valence-electron chi connectivity index (χ2n) is 6.80. The molecule has 0 aliphatic carbocycles. The lowest BCUT2D eigenvalue weighted by molar-refractivity contribution is 0.0894. The molecule has 0 bridgehead atoms. The van der Waals surface area contributed by atoms with E-state index in [9.17, 15) is 9.59 Å². The molecule has 0 fully saturated rings. The van der Waals surface area contributed by atoms with Gasteiger partial charge in [0.15, 0.2) is 5.82 Å². The first-order valence-electron chi connectivity index (χ1n) is 9.60. The number of aromatic amines is 1. The highest BCUT2D eigenvalue weighted by molar-refractivity contribution is 5.94. The van der Waals surface area contributed by atoms with Crippen LogP contribution in [0.2, 0.25) is 0 Å². The number of rotatable bonds is 8. The molecule has 2 heterocycles. The number of pyridine rings is 1. The Balaban J connectivity index is 1.78. The van der Waals surface area contributed by atoms with Gasteiger partial charge in [0.1, 0.15) is 0 Å². The molecule has 1 atom stereocenters. The molecule has 2 N–H and O–H groups in total. The molecule has 154 valence electrons.